The largest absolute Gasteiger partial charge is 0.380 e. The average molecular weight is 485 g/mol. The second-order valence-electron chi connectivity index (χ2n) is 9.84. The zero-order valence-electron chi connectivity index (χ0n) is 21.1. The molecule has 36 heavy (non-hydrogen) atoms. The molecule has 1 atom stereocenters. The van der Waals surface area contributed by atoms with Gasteiger partial charge in [-0.3, -0.25) is 4.79 Å². The Balaban J connectivity index is 1.38. The van der Waals surface area contributed by atoms with Crippen LogP contribution < -0.4 is 4.90 Å². The number of amides is 1. The minimum atomic E-state index is 0.0611. The molecule has 2 aliphatic rings. The van der Waals surface area contributed by atoms with Crippen LogP contribution in [0.15, 0.2) is 36.4 Å². The van der Waals surface area contributed by atoms with Gasteiger partial charge < -0.3 is 19.5 Å². The zero-order chi connectivity index (χ0) is 25.2. The molecular weight excluding hydrogens is 452 g/mol. The molecule has 5 rings (SSSR count). The number of anilines is 1. The second-order valence-corrected chi connectivity index (χ2v) is 9.84. The number of H-pyrrole nitrogens is 1. The second kappa shape index (κ2) is 10.1. The van der Waals surface area contributed by atoms with E-state index in [0.717, 1.165) is 55.0 Å². The summed E-state index contributed by atoms with van der Waals surface area (Å²) in [6.45, 7) is 7.03. The van der Waals surface area contributed by atoms with E-state index in [1.54, 1.807) is 7.11 Å². The van der Waals surface area contributed by atoms with E-state index in [1.165, 1.54) is 5.56 Å². The van der Waals surface area contributed by atoms with E-state index in [0.29, 0.717) is 36.0 Å². The lowest BCUT2D eigenvalue weighted by atomic mass is 9.88. The molecular formula is C28H32N6O2. The van der Waals surface area contributed by atoms with Crippen molar-refractivity contribution in [2.45, 2.75) is 45.1 Å². The number of hydrogen-bond acceptors (Lipinski definition) is 6. The number of methoxy groups -OCH3 is 1. The third-order valence-electron chi connectivity index (χ3n) is 7.54. The summed E-state index contributed by atoms with van der Waals surface area (Å²) in [5.74, 6) is 1.88. The van der Waals surface area contributed by atoms with Gasteiger partial charge in [-0.05, 0) is 74.4 Å². The van der Waals surface area contributed by atoms with Crippen LogP contribution in [0.3, 0.4) is 0 Å². The van der Waals surface area contributed by atoms with Crippen molar-refractivity contribution in [3.05, 3.63) is 64.5 Å². The standard InChI is InChI=1S/C28H32N6O2/c1-18-14-26(34-13-10-23(17-34)36-3)25(27-30-19(2)31-32-27)15-24(18)28(35)33-11-8-22(9-12-33)21-6-4-20(16-29)5-7-21/h4-7,14-15,22-23H,8-13,17H2,1-3H3,(H,30,31,32)/t23-/m1/s1. The Morgan fingerprint density at radius 3 is 2.44 bits per heavy atom. The SMILES string of the molecule is CO[C@@H]1CCN(c2cc(C)c(C(=O)N3CCC(c4ccc(C#N)cc4)CC3)cc2-c2nnc(C)[nH]2)C1. The van der Waals surface area contributed by atoms with Crippen molar-refractivity contribution < 1.29 is 9.53 Å². The monoisotopic (exact) mass is 484 g/mol. The molecule has 3 aromatic rings. The van der Waals surface area contributed by atoms with E-state index in [-0.39, 0.29) is 12.0 Å². The Bertz CT molecular complexity index is 1280. The fourth-order valence-corrected chi connectivity index (χ4v) is 5.40. The number of nitrogens with zero attached hydrogens (tertiary/aromatic N) is 5. The summed E-state index contributed by atoms with van der Waals surface area (Å²) in [7, 11) is 1.76. The highest BCUT2D eigenvalue weighted by Crippen LogP contribution is 2.36. The summed E-state index contributed by atoms with van der Waals surface area (Å²) >= 11 is 0. The lowest BCUT2D eigenvalue weighted by molar-refractivity contribution is 0.0712. The van der Waals surface area contributed by atoms with Crippen LogP contribution in [-0.2, 0) is 4.74 Å². The molecule has 3 heterocycles. The van der Waals surface area contributed by atoms with Crippen molar-refractivity contribution in [3.8, 4) is 17.5 Å². The molecule has 0 saturated carbocycles. The van der Waals surface area contributed by atoms with Gasteiger partial charge in [0, 0.05) is 50.1 Å². The van der Waals surface area contributed by atoms with Crippen LogP contribution in [0.5, 0.6) is 0 Å². The molecule has 1 amide bonds. The Labute approximate surface area is 211 Å². The zero-order valence-corrected chi connectivity index (χ0v) is 21.1. The third kappa shape index (κ3) is 4.71. The van der Waals surface area contributed by atoms with Crippen LogP contribution in [-0.4, -0.2) is 65.4 Å². The molecule has 0 radical (unpaired) electrons. The topological polar surface area (TPSA) is 98.1 Å². The van der Waals surface area contributed by atoms with Crippen LogP contribution in [0.1, 0.15) is 58.1 Å². The van der Waals surface area contributed by atoms with Gasteiger partial charge in [-0.15, -0.1) is 10.2 Å². The summed E-state index contributed by atoms with van der Waals surface area (Å²) < 4.78 is 5.58. The number of nitrogens with one attached hydrogen (secondary N) is 1. The lowest BCUT2D eigenvalue weighted by Crippen LogP contribution is -2.38. The van der Waals surface area contributed by atoms with Crippen molar-refractivity contribution >= 4 is 11.6 Å². The number of carbonyl (C=O) groups excluding carboxylic acids is 1. The highest BCUT2D eigenvalue weighted by molar-refractivity contribution is 5.98. The first-order valence-electron chi connectivity index (χ1n) is 12.6. The van der Waals surface area contributed by atoms with Gasteiger partial charge in [-0.25, -0.2) is 0 Å². The van der Waals surface area contributed by atoms with Gasteiger partial charge in [0.2, 0.25) is 0 Å². The first kappa shape index (κ1) is 24.0. The van der Waals surface area contributed by atoms with E-state index in [2.05, 4.69) is 32.2 Å². The number of likely N-dealkylation sites (tertiary alicyclic amines) is 1. The summed E-state index contributed by atoms with van der Waals surface area (Å²) in [5, 5.41) is 17.6. The smallest absolute Gasteiger partial charge is 0.254 e. The number of rotatable bonds is 5. The predicted octanol–water partition coefficient (Wildman–Crippen LogP) is 4.21. The number of nitriles is 1. The van der Waals surface area contributed by atoms with Crippen LogP contribution in [0.2, 0.25) is 0 Å². The van der Waals surface area contributed by atoms with E-state index in [9.17, 15) is 4.79 Å². The Morgan fingerprint density at radius 1 is 1.08 bits per heavy atom. The molecule has 1 aromatic heterocycles. The van der Waals surface area contributed by atoms with Gasteiger partial charge in [-0.1, -0.05) is 12.1 Å². The molecule has 2 aromatic carbocycles. The summed E-state index contributed by atoms with van der Waals surface area (Å²) in [6.07, 6.45) is 3.00. The number of aryl methyl sites for hydroxylation is 2. The quantitative estimate of drug-likeness (QED) is 0.583. The van der Waals surface area contributed by atoms with Gasteiger partial charge in [-0.2, -0.15) is 5.26 Å². The van der Waals surface area contributed by atoms with E-state index < -0.39 is 0 Å². The molecule has 2 aliphatic heterocycles. The van der Waals surface area contributed by atoms with Gasteiger partial charge in [0.15, 0.2) is 5.82 Å². The Morgan fingerprint density at radius 2 is 1.83 bits per heavy atom. The molecule has 2 fully saturated rings. The van der Waals surface area contributed by atoms with Gasteiger partial charge in [0.1, 0.15) is 5.82 Å². The highest BCUT2D eigenvalue weighted by atomic mass is 16.5. The summed E-state index contributed by atoms with van der Waals surface area (Å²) in [5.41, 5.74) is 5.54. The molecule has 0 unspecified atom stereocenters. The molecule has 1 N–H and O–H groups in total. The van der Waals surface area contributed by atoms with Crippen molar-refractivity contribution in [3.63, 3.8) is 0 Å². The van der Waals surface area contributed by atoms with E-state index >= 15 is 0 Å². The lowest BCUT2D eigenvalue weighted by Gasteiger charge is -2.33. The van der Waals surface area contributed by atoms with Gasteiger partial charge in [0.25, 0.3) is 5.91 Å². The minimum absolute atomic E-state index is 0.0611. The number of benzene rings is 2. The molecule has 8 heteroatoms. The first-order valence-corrected chi connectivity index (χ1v) is 12.6. The predicted molar refractivity (Wildman–Crippen MR) is 138 cm³/mol. The number of aromatic nitrogens is 3. The number of piperidine rings is 1. The Hall–Kier alpha value is -3.70. The maximum atomic E-state index is 13.7. The van der Waals surface area contributed by atoms with Crippen LogP contribution in [0.4, 0.5) is 5.69 Å². The maximum absolute atomic E-state index is 13.7. The third-order valence-corrected chi connectivity index (χ3v) is 7.54. The highest BCUT2D eigenvalue weighted by Gasteiger charge is 2.29. The normalized spacial score (nSPS) is 18.4. The van der Waals surface area contributed by atoms with Crippen molar-refractivity contribution in [2.24, 2.45) is 0 Å². The van der Waals surface area contributed by atoms with E-state index in [4.69, 9.17) is 10.00 Å². The summed E-state index contributed by atoms with van der Waals surface area (Å²) in [4.78, 5) is 21.2. The molecule has 0 spiro atoms. The number of hydrogen-bond donors (Lipinski definition) is 1. The maximum Gasteiger partial charge on any atom is 0.254 e. The van der Waals surface area contributed by atoms with Crippen molar-refractivity contribution in [1.82, 2.24) is 20.1 Å². The first-order chi connectivity index (χ1) is 17.5. The average Bonchev–Trinajstić information content (AvgIpc) is 3.57. The molecule has 8 nitrogen and oxygen atoms in total. The van der Waals surface area contributed by atoms with Crippen molar-refractivity contribution in [2.75, 3.05) is 38.2 Å². The van der Waals surface area contributed by atoms with E-state index in [1.807, 2.05) is 49.1 Å². The number of aromatic amines is 1. The molecule has 0 aliphatic carbocycles. The molecule has 186 valence electrons. The van der Waals surface area contributed by atoms with Crippen LogP contribution in [0.25, 0.3) is 11.4 Å². The van der Waals surface area contributed by atoms with Crippen LogP contribution in [0, 0.1) is 25.2 Å². The van der Waals surface area contributed by atoms with Crippen molar-refractivity contribution in [1.29, 1.82) is 5.26 Å². The number of ether oxygens (including phenoxy) is 1. The fourth-order valence-electron chi connectivity index (χ4n) is 5.40. The molecule has 2 saturated heterocycles. The minimum Gasteiger partial charge on any atom is -0.380 e. The summed E-state index contributed by atoms with van der Waals surface area (Å²) in [6, 6.07) is 14.1. The number of carbonyl (C=O) groups is 1. The van der Waals surface area contributed by atoms with Gasteiger partial charge >= 0.3 is 0 Å². The molecule has 0 bridgehead atoms. The van der Waals surface area contributed by atoms with Crippen LogP contribution >= 0.6 is 0 Å². The Kier molecular flexibility index (Phi) is 6.75. The van der Waals surface area contributed by atoms with Gasteiger partial charge in [0.05, 0.1) is 17.7 Å². The fraction of sp³-hybridized carbons (Fsp3) is 0.429.